The molecular formula is C25H33ClF2O2. The summed E-state index contributed by atoms with van der Waals surface area (Å²) in [5, 5.41) is 10.7. The van der Waals surface area contributed by atoms with E-state index in [4.69, 9.17) is 11.6 Å². The van der Waals surface area contributed by atoms with E-state index in [0.29, 0.717) is 29.2 Å². The van der Waals surface area contributed by atoms with E-state index in [-0.39, 0.29) is 11.3 Å². The lowest BCUT2D eigenvalue weighted by Crippen LogP contribution is -2.42. The predicted molar refractivity (Wildman–Crippen MR) is 117 cm³/mol. The van der Waals surface area contributed by atoms with E-state index in [2.05, 4.69) is 6.58 Å². The first-order valence-corrected chi connectivity index (χ1v) is 11.6. The largest absolute Gasteiger partial charge is 0.379 e. The van der Waals surface area contributed by atoms with Crippen molar-refractivity contribution in [3.8, 4) is 0 Å². The van der Waals surface area contributed by atoms with Crippen LogP contribution in [0.5, 0.6) is 0 Å². The van der Waals surface area contributed by atoms with Gasteiger partial charge in [0.05, 0.1) is 0 Å². The third-order valence-corrected chi connectivity index (χ3v) is 7.56. The minimum Gasteiger partial charge on any atom is -0.379 e. The van der Waals surface area contributed by atoms with Crippen LogP contribution in [0.4, 0.5) is 8.78 Å². The van der Waals surface area contributed by atoms with Crippen LogP contribution in [0.25, 0.3) is 0 Å². The standard InChI is InChI=1S/C25H33ClF2O2/c1-3-16-25(27,28)24(2,30)20-10-6-19(7-11-20)23(29)15-14-22(17-4-5-17)18-8-12-21(26)13-9-18/h3,6-7,10-11,17-18,21-22,30H,1,4-5,8-9,12-16H2,2H3/t18?,21?,22?,24-/m0/s1. The maximum Gasteiger partial charge on any atom is 0.283 e. The van der Waals surface area contributed by atoms with E-state index < -0.39 is 17.9 Å². The number of aliphatic hydroxyl groups is 1. The number of hydrogen-bond donors (Lipinski definition) is 1. The molecule has 30 heavy (non-hydrogen) atoms. The lowest BCUT2D eigenvalue weighted by Gasteiger charge is -2.32. The molecule has 1 aromatic rings. The zero-order chi connectivity index (χ0) is 21.9. The second-order valence-corrected chi connectivity index (χ2v) is 9.94. The van der Waals surface area contributed by atoms with Gasteiger partial charge in [-0.3, -0.25) is 4.79 Å². The highest BCUT2D eigenvalue weighted by Crippen LogP contribution is 2.47. The van der Waals surface area contributed by atoms with Gasteiger partial charge in [-0.1, -0.05) is 30.3 Å². The van der Waals surface area contributed by atoms with E-state index in [0.717, 1.165) is 51.0 Å². The smallest absolute Gasteiger partial charge is 0.283 e. The van der Waals surface area contributed by atoms with Crippen molar-refractivity contribution in [1.29, 1.82) is 0 Å². The number of carbonyl (C=O) groups excluding carboxylic acids is 1. The van der Waals surface area contributed by atoms with Crippen molar-refractivity contribution in [2.75, 3.05) is 0 Å². The van der Waals surface area contributed by atoms with Crippen LogP contribution in [0.2, 0.25) is 0 Å². The molecule has 2 aliphatic carbocycles. The summed E-state index contributed by atoms with van der Waals surface area (Å²) in [7, 11) is 0. The second-order valence-electron chi connectivity index (χ2n) is 9.32. The number of hydrogen-bond acceptors (Lipinski definition) is 2. The number of halogens is 3. The summed E-state index contributed by atoms with van der Waals surface area (Å²) in [6.07, 6.45) is 8.84. The van der Waals surface area contributed by atoms with Crippen molar-refractivity contribution in [3.05, 3.63) is 48.0 Å². The zero-order valence-electron chi connectivity index (χ0n) is 17.8. The van der Waals surface area contributed by atoms with E-state index in [9.17, 15) is 18.7 Å². The average Bonchev–Trinajstić information content (AvgIpc) is 3.54. The Balaban J connectivity index is 1.61. The SMILES string of the molecule is C=CCC(F)(F)[C@@](C)(O)c1ccc(C(=O)CCC(C2CCC(Cl)CC2)C2CC2)cc1. The molecule has 0 amide bonds. The van der Waals surface area contributed by atoms with Gasteiger partial charge < -0.3 is 5.11 Å². The Kier molecular flexibility index (Phi) is 7.40. The monoisotopic (exact) mass is 438 g/mol. The van der Waals surface area contributed by atoms with Crippen LogP contribution in [0.1, 0.15) is 80.6 Å². The molecule has 0 aromatic heterocycles. The average molecular weight is 439 g/mol. The third-order valence-electron chi connectivity index (χ3n) is 7.12. The van der Waals surface area contributed by atoms with Gasteiger partial charge >= 0.3 is 0 Å². The van der Waals surface area contributed by atoms with Crippen LogP contribution in [-0.4, -0.2) is 22.2 Å². The maximum absolute atomic E-state index is 14.2. The molecule has 0 bridgehead atoms. The lowest BCUT2D eigenvalue weighted by molar-refractivity contribution is -0.175. The van der Waals surface area contributed by atoms with Crippen molar-refractivity contribution < 1.29 is 18.7 Å². The van der Waals surface area contributed by atoms with E-state index in [1.165, 1.54) is 25.0 Å². The normalized spacial score (nSPS) is 25.4. The molecule has 1 N–H and O–H groups in total. The Morgan fingerprint density at radius 3 is 2.20 bits per heavy atom. The lowest BCUT2D eigenvalue weighted by atomic mass is 9.75. The molecule has 2 atom stereocenters. The number of rotatable bonds is 10. The first-order chi connectivity index (χ1) is 14.2. The fourth-order valence-corrected chi connectivity index (χ4v) is 5.15. The fraction of sp³-hybridized carbons (Fsp3) is 0.640. The maximum atomic E-state index is 14.2. The molecule has 0 aliphatic heterocycles. The number of allylic oxidation sites excluding steroid dienone is 1. The van der Waals surface area contributed by atoms with E-state index in [1.54, 1.807) is 12.1 Å². The van der Waals surface area contributed by atoms with Gasteiger partial charge in [-0.2, -0.15) is 0 Å². The van der Waals surface area contributed by atoms with Gasteiger partial charge in [0.15, 0.2) is 11.4 Å². The highest BCUT2D eigenvalue weighted by Gasteiger charge is 2.49. The molecule has 0 radical (unpaired) electrons. The molecule has 2 saturated carbocycles. The van der Waals surface area contributed by atoms with E-state index >= 15 is 0 Å². The molecule has 0 spiro atoms. The minimum absolute atomic E-state index is 0.0377. The first-order valence-electron chi connectivity index (χ1n) is 11.1. The summed E-state index contributed by atoms with van der Waals surface area (Å²) in [6, 6.07) is 5.98. The Hall–Kier alpha value is -1.26. The summed E-state index contributed by atoms with van der Waals surface area (Å²) >= 11 is 6.26. The van der Waals surface area contributed by atoms with Gasteiger partial charge in [0, 0.05) is 23.8 Å². The molecule has 0 saturated heterocycles. The Labute approximate surface area is 183 Å². The van der Waals surface area contributed by atoms with Crippen molar-refractivity contribution in [1.82, 2.24) is 0 Å². The van der Waals surface area contributed by atoms with Crippen LogP contribution in [0, 0.1) is 17.8 Å². The van der Waals surface area contributed by atoms with Crippen molar-refractivity contribution >= 4 is 17.4 Å². The van der Waals surface area contributed by atoms with Crippen LogP contribution in [-0.2, 0) is 5.60 Å². The zero-order valence-corrected chi connectivity index (χ0v) is 18.5. The van der Waals surface area contributed by atoms with Gasteiger partial charge in [-0.25, -0.2) is 8.78 Å². The van der Waals surface area contributed by atoms with Crippen molar-refractivity contribution in [3.63, 3.8) is 0 Å². The highest BCUT2D eigenvalue weighted by molar-refractivity contribution is 6.20. The van der Waals surface area contributed by atoms with Crippen molar-refractivity contribution in [2.24, 2.45) is 17.8 Å². The molecule has 5 heteroatoms. The van der Waals surface area contributed by atoms with Gasteiger partial charge in [0.2, 0.25) is 0 Å². The number of benzene rings is 1. The third kappa shape index (κ3) is 5.31. The van der Waals surface area contributed by atoms with Gasteiger partial charge in [0.25, 0.3) is 5.92 Å². The van der Waals surface area contributed by atoms with Crippen LogP contribution in [0.3, 0.4) is 0 Å². The number of carbonyl (C=O) groups is 1. The van der Waals surface area contributed by atoms with Gasteiger partial charge in [-0.05, 0) is 75.2 Å². The summed E-state index contributed by atoms with van der Waals surface area (Å²) in [5.41, 5.74) is -1.71. The van der Waals surface area contributed by atoms with E-state index in [1.807, 2.05) is 0 Å². The minimum atomic E-state index is -3.33. The number of alkyl halides is 3. The summed E-state index contributed by atoms with van der Waals surface area (Å²) in [4.78, 5) is 12.7. The van der Waals surface area contributed by atoms with Crippen LogP contribution in [0.15, 0.2) is 36.9 Å². The predicted octanol–water partition coefficient (Wildman–Crippen LogP) is 6.89. The van der Waals surface area contributed by atoms with Crippen LogP contribution < -0.4 is 0 Å². The molecule has 166 valence electrons. The van der Waals surface area contributed by atoms with Gasteiger partial charge in [0.1, 0.15) is 0 Å². The molecule has 1 unspecified atom stereocenters. The number of ketones is 1. The molecule has 2 aliphatic rings. The number of Topliss-reactive ketones (excluding diaryl/α,β-unsaturated/α-hetero) is 1. The Morgan fingerprint density at radius 2 is 1.70 bits per heavy atom. The summed E-state index contributed by atoms with van der Waals surface area (Å²) in [5.74, 6) is -1.28. The molecule has 2 fully saturated rings. The first kappa shape index (κ1) is 23.4. The Bertz CT molecular complexity index is 732. The topological polar surface area (TPSA) is 37.3 Å². The summed E-state index contributed by atoms with van der Waals surface area (Å²) < 4.78 is 28.5. The van der Waals surface area contributed by atoms with Gasteiger partial charge in [-0.15, -0.1) is 18.2 Å². The molecule has 3 rings (SSSR count). The Morgan fingerprint density at radius 1 is 1.17 bits per heavy atom. The molecule has 2 nitrogen and oxygen atoms in total. The molecule has 1 aromatic carbocycles. The quantitative estimate of drug-likeness (QED) is 0.245. The highest BCUT2D eigenvalue weighted by atomic mass is 35.5. The molecular weight excluding hydrogens is 406 g/mol. The van der Waals surface area contributed by atoms with Crippen molar-refractivity contribution in [2.45, 2.75) is 81.6 Å². The second kappa shape index (κ2) is 9.48. The summed E-state index contributed by atoms with van der Waals surface area (Å²) in [6.45, 7) is 4.44. The molecule has 0 heterocycles. The fourth-order valence-electron chi connectivity index (χ4n) is 4.90. The van der Waals surface area contributed by atoms with Crippen LogP contribution >= 0.6 is 11.6 Å².